The Morgan fingerprint density at radius 3 is 1.03 bits per heavy atom. The van der Waals surface area contributed by atoms with Crippen molar-refractivity contribution in [1.29, 1.82) is 27.0 Å². The average molecular weight is 1600 g/mol. The molecular formula is C70H113N29O13S. The van der Waals surface area contributed by atoms with Gasteiger partial charge in [-0.2, -0.15) is 11.8 Å². The summed E-state index contributed by atoms with van der Waals surface area (Å²) in [5.41, 5.74) is 41.8. The number of nitrogens with two attached hydrogens (primary N) is 7. The molecule has 0 spiro atoms. The van der Waals surface area contributed by atoms with Crippen LogP contribution in [0.25, 0.3) is 21.8 Å². The van der Waals surface area contributed by atoms with Crippen LogP contribution in [0.5, 0.6) is 0 Å². The average Bonchev–Trinajstić information content (AvgIpc) is 1.71. The van der Waals surface area contributed by atoms with Gasteiger partial charge in [-0.25, -0.2) is 0 Å². The van der Waals surface area contributed by atoms with Crippen LogP contribution in [0.4, 0.5) is 0 Å². The topological polar surface area (TPSA) is 738 Å². The number of carboxylic acid groups (broad SMARTS) is 1. The Morgan fingerprint density at radius 2 is 0.699 bits per heavy atom. The molecule has 0 aliphatic rings. The molecule has 0 saturated heterocycles. The number of carbonyl (C=O) groups is 12. The van der Waals surface area contributed by atoms with Crippen LogP contribution in [0.2, 0.25) is 0 Å². The summed E-state index contributed by atoms with van der Waals surface area (Å²) in [6.45, 7) is 3.17. The number of carbonyl (C=O) groups excluding carboxylic acids is 11. The molecule has 622 valence electrons. The molecule has 43 heteroatoms. The third-order valence-electron chi connectivity index (χ3n) is 17.6. The van der Waals surface area contributed by atoms with Crippen molar-refractivity contribution >= 4 is 134 Å². The Hall–Kier alpha value is -12.2. The molecule has 0 unspecified atom stereocenters. The van der Waals surface area contributed by atoms with Crippen LogP contribution < -0.4 is 120 Å². The molecule has 2 aromatic heterocycles. The van der Waals surface area contributed by atoms with Crippen molar-refractivity contribution in [3.05, 3.63) is 72.1 Å². The zero-order valence-corrected chi connectivity index (χ0v) is 64.5. The third kappa shape index (κ3) is 35.2. The number of H-pyrrole nitrogens is 2. The molecule has 0 bridgehead atoms. The predicted molar refractivity (Wildman–Crippen MR) is 427 cm³/mol. The Labute approximate surface area is 657 Å². The lowest BCUT2D eigenvalue weighted by Gasteiger charge is -2.28. The van der Waals surface area contributed by atoms with E-state index in [0.717, 1.165) is 0 Å². The quantitative estimate of drug-likeness (QED) is 0.0112. The monoisotopic (exact) mass is 1600 g/mol. The van der Waals surface area contributed by atoms with Crippen LogP contribution in [0.3, 0.4) is 0 Å². The SMILES string of the molecule is CSCC[C@H](NC(=O)[C@H](CCCNC(=N)N)NC(=O)[C@H](Cc1c[nH]c2ccccc12)NC(=O)[C@H](CCC(N)=O)NC(=O)[C@H](Cc1c[nH]c2ccccc12)NC(=O)[C@H](CCCNC(=N)N)NC(=O)[C@@H](N)CCCNC(=N)N)C(=O)N[C@@H](CCCNC(=N)N)C(=O)N[C@@H](CCCNC(=N)N)C(=O)N[C@@H](CC(C)C)C(=O)NCC(=O)O. The van der Waals surface area contributed by atoms with Crippen molar-refractivity contribution in [3.63, 3.8) is 0 Å². The summed E-state index contributed by atoms with van der Waals surface area (Å²) in [6, 6.07) is -0.513. The number of aliphatic carboxylic acids is 1. The summed E-state index contributed by atoms with van der Waals surface area (Å²) in [5.74, 6) is -13.1. The smallest absolute Gasteiger partial charge is 0.322 e. The van der Waals surface area contributed by atoms with Crippen LogP contribution in [-0.4, -0.2) is 228 Å². The molecule has 4 rings (SSSR count). The molecule has 0 aliphatic carbocycles. The van der Waals surface area contributed by atoms with Crippen molar-refractivity contribution < 1.29 is 62.6 Å². The van der Waals surface area contributed by atoms with Crippen molar-refractivity contribution in [1.82, 2.24) is 89.7 Å². The molecule has 0 fully saturated rings. The summed E-state index contributed by atoms with van der Waals surface area (Å²) in [4.78, 5) is 176. The fourth-order valence-corrected chi connectivity index (χ4v) is 12.3. The van der Waals surface area contributed by atoms with Gasteiger partial charge in [0.1, 0.15) is 60.9 Å². The minimum Gasteiger partial charge on any atom is -0.480 e. The van der Waals surface area contributed by atoms with E-state index >= 15 is 19.2 Å². The van der Waals surface area contributed by atoms with Gasteiger partial charge in [0, 0.05) is 86.2 Å². The first-order chi connectivity index (χ1) is 53.6. The molecule has 37 N–H and O–H groups in total. The van der Waals surface area contributed by atoms with E-state index in [1.807, 2.05) is 0 Å². The molecular weight excluding hydrogens is 1490 g/mol. The van der Waals surface area contributed by atoms with E-state index in [2.05, 4.69) is 89.7 Å². The molecule has 2 heterocycles. The number of aromatic amines is 2. The Morgan fingerprint density at radius 1 is 0.398 bits per heavy atom. The van der Waals surface area contributed by atoms with E-state index in [-0.39, 0.29) is 146 Å². The molecule has 2 aromatic carbocycles. The van der Waals surface area contributed by atoms with E-state index < -0.39 is 163 Å². The first kappa shape index (κ1) is 93.2. The number of para-hydroxylation sites is 2. The van der Waals surface area contributed by atoms with Crippen molar-refractivity contribution in [2.24, 2.45) is 46.1 Å². The summed E-state index contributed by atoms with van der Waals surface area (Å²) in [5, 5.41) is 88.3. The van der Waals surface area contributed by atoms with Crippen molar-refractivity contribution in [2.45, 2.75) is 177 Å². The summed E-state index contributed by atoms with van der Waals surface area (Å²) in [6.07, 6.45) is 3.65. The normalized spacial score (nSPS) is 13.7. The standard InChI is InChI=1S/C70H113N29O13S/c1-37(2)31-51(57(104)90-36-55(101)102)97-61(108)48(21-12-29-87-70(81)82)92-58(105)46(19-10-27-85-68(77)78)93-63(110)50(24-30-113-3)96-59(106)47(20-11-28-86-69(79)80)94-64(111)52(32-38-34-88-43-16-6-4-13-40(38)43)99-62(109)49(22-23-54(72)100)95-65(112)53(33-39-35-89-44-17-7-5-14-41(39)44)98-60(107)45(18-9-26-84-67(75)76)91-56(103)42(71)15-8-25-83-66(73)74/h4-7,13-14,16-17,34-35,37,42,45-53,88-89H,8-12,15,18-33,36,71H2,1-3H3,(H2,72,100)(H,90,104)(H,91,103)(H,92,105)(H,93,110)(H,94,111)(H,95,112)(H,96,106)(H,97,108)(H,98,107)(H,99,109)(H,101,102)(H4,73,74,83)(H4,75,76,84)(H4,77,78,85)(H4,79,80,86)(H4,81,82,87)/t42-,45-,46-,47-,48-,49-,50-,51-,52-,53-/m0/s1. The Balaban J connectivity index is 1.77. The van der Waals surface area contributed by atoms with E-state index in [1.54, 1.807) is 81.0 Å². The van der Waals surface area contributed by atoms with Crippen molar-refractivity contribution in [3.8, 4) is 0 Å². The molecule has 113 heavy (non-hydrogen) atoms. The molecule has 0 radical (unpaired) electrons. The lowest BCUT2D eigenvalue weighted by Crippen LogP contribution is -2.61. The van der Waals surface area contributed by atoms with Gasteiger partial charge in [0.15, 0.2) is 29.8 Å². The maximum absolute atomic E-state index is 15.3. The highest BCUT2D eigenvalue weighted by Gasteiger charge is 2.37. The van der Waals surface area contributed by atoms with Crippen LogP contribution in [-0.2, 0) is 70.4 Å². The lowest BCUT2D eigenvalue weighted by molar-refractivity contribution is -0.138. The number of hydrogen-bond acceptors (Lipinski definition) is 19. The maximum Gasteiger partial charge on any atom is 0.322 e. The fourth-order valence-electron chi connectivity index (χ4n) is 11.8. The van der Waals surface area contributed by atoms with Gasteiger partial charge in [0.2, 0.25) is 65.0 Å². The van der Waals surface area contributed by atoms with Gasteiger partial charge < -0.3 is 135 Å². The number of carboxylic acids is 1. The van der Waals surface area contributed by atoms with E-state index in [1.165, 1.54) is 11.8 Å². The number of rotatable bonds is 53. The number of fused-ring (bicyclic) bond motifs is 2. The van der Waals surface area contributed by atoms with Gasteiger partial charge in [-0.15, -0.1) is 0 Å². The molecule has 11 amide bonds. The number of thioether (sulfide) groups is 1. The number of hydrogen-bond donors (Lipinski definition) is 30. The van der Waals surface area contributed by atoms with Crippen LogP contribution in [0.15, 0.2) is 60.9 Å². The second-order valence-electron chi connectivity index (χ2n) is 27.2. The highest BCUT2D eigenvalue weighted by Crippen LogP contribution is 2.22. The highest BCUT2D eigenvalue weighted by molar-refractivity contribution is 7.98. The fraction of sp³-hybridized carbons (Fsp3) is 0.529. The number of benzene rings is 2. The van der Waals surface area contributed by atoms with Gasteiger partial charge in [0.05, 0.1) is 6.04 Å². The number of aromatic nitrogens is 2. The van der Waals surface area contributed by atoms with Gasteiger partial charge in [-0.05, 0) is 125 Å². The lowest BCUT2D eigenvalue weighted by atomic mass is 10.0. The zero-order valence-electron chi connectivity index (χ0n) is 63.7. The van der Waals surface area contributed by atoms with Crippen LogP contribution in [0.1, 0.15) is 115 Å². The largest absolute Gasteiger partial charge is 0.480 e. The van der Waals surface area contributed by atoms with E-state index in [4.69, 9.17) is 67.2 Å². The second kappa shape index (κ2) is 49.2. The molecule has 4 aromatic rings. The molecule has 10 atom stereocenters. The number of nitrogens with one attached hydrogen (secondary N) is 22. The van der Waals surface area contributed by atoms with E-state index in [9.17, 15) is 43.5 Å². The zero-order chi connectivity index (χ0) is 83.7. The molecule has 42 nitrogen and oxygen atoms in total. The summed E-state index contributed by atoms with van der Waals surface area (Å²) in [7, 11) is 0. The number of guanidine groups is 5. The Bertz CT molecular complexity index is 3930. The number of primary amides is 1. The van der Waals surface area contributed by atoms with Gasteiger partial charge in [0.25, 0.3) is 0 Å². The third-order valence-corrected chi connectivity index (χ3v) is 18.2. The maximum atomic E-state index is 15.3. The second-order valence-corrected chi connectivity index (χ2v) is 28.2. The molecule has 0 saturated carbocycles. The highest BCUT2D eigenvalue weighted by atomic mass is 32.2. The van der Waals surface area contributed by atoms with Gasteiger partial charge >= 0.3 is 5.97 Å². The van der Waals surface area contributed by atoms with Crippen LogP contribution >= 0.6 is 11.8 Å². The van der Waals surface area contributed by atoms with Gasteiger partial charge in [-0.3, -0.25) is 84.6 Å². The Kier molecular flexibility index (Phi) is 40.5. The summed E-state index contributed by atoms with van der Waals surface area (Å²) >= 11 is 1.29. The predicted octanol–water partition coefficient (Wildman–Crippen LogP) is -5.29. The first-order valence-corrected chi connectivity index (χ1v) is 38.3. The minimum absolute atomic E-state index is 0.00804. The van der Waals surface area contributed by atoms with E-state index in [0.29, 0.717) is 39.4 Å². The summed E-state index contributed by atoms with van der Waals surface area (Å²) < 4.78 is 0. The van der Waals surface area contributed by atoms with Crippen LogP contribution in [0, 0.1) is 33.0 Å². The number of amides is 11. The minimum atomic E-state index is -1.70. The van der Waals surface area contributed by atoms with Gasteiger partial charge in [-0.1, -0.05) is 50.2 Å². The molecule has 0 aliphatic heterocycles. The first-order valence-electron chi connectivity index (χ1n) is 36.9. The van der Waals surface area contributed by atoms with Crippen molar-refractivity contribution in [2.75, 3.05) is 51.3 Å².